The van der Waals surface area contributed by atoms with Crippen molar-refractivity contribution in [1.82, 2.24) is 10.3 Å². The second-order valence-electron chi connectivity index (χ2n) is 7.84. The van der Waals surface area contributed by atoms with Crippen LogP contribution >= 0.6 is 0 Å². The van der Waals surface area contributed by atoms with Crippen molar-refractivity contribution in [1.29, 1.82) is 0 Å². The van der Waals surface area contributed by atoms with Crippen molar-refractivity contribution in [3.05, 3.63) is 102 Å². The van der Waals surface area contributed by atoms with Crippen molar-refractivity contribution >= 4 is 22.6 Å². The number of hydrogen-bond acceptors (Lipinski definition) is 3. The number of benzene rings is 3. The molecule has 31 heavy (non-hydrogen) atoms. The number of carbonyl (C=O) groups is 2. The van der Waals surface area contributed by atoms with Gasteiger partial charge in [0.25, 0.3) is 5.91 Å². The number of nitrogens with one attached hydrogen (secondary N) is 1. The van der Waals surface area contributed by atoms with Crippen LogP contribution in [0.2, 0.25) is 0 Å². The van der Waals surface area contributed by atoms with Crippen LogP contribution in [0.15, 0.2) is 84.9 Å². The number of Topliss-reactive ketones (excluding diaryl/α,β-unsaturated/α-hetero) is 1. The third kappa shape index (κ3) is 3.73. The molecule has 0 saturated heterocycles. The summed E-state index contributed by atoms with van der Waals surface area (Å²) in [6, 6.07) is 26.7. The van der Waals surface area contributed by atoms with Crippen LogP contribution < -0.4 is 5.32 Å². The standard InChI is InChI=1S/C27H24N2O2/c1-18-24(26(31)29-27(3,19(2)30)21-14-8-5-9-15-21)22-16-10-11-17-23(22)28-25(18)20-12-6-4-7-13-20/h4-17H,1-3H3,(H,29,31). The average molecular weight is 409 g/mol. The van der Waals surface area contributed by atoms with Crippen LogP contribution in [-0.4, -0.2) is 16.7 Å². The maximum absolute atomic E-state index is 13.7. The molecule has 4 heteroatoms. The van der Waals surface area contributed by atoms with Crippen LogP contribution in [0.25, 0.3) is 22.2 Å². The molecule has 4 aromatic rings. The first-order valence-electron chi connectivity index (χ1n) is 10.3. The van der Waals surface area contributed by atoms with E-state index in [2.05, 4.69) is 5.32 Å². The SMILES string of the molecule is CC(=O)C(C)(NC(=O)c1c(C)c(-c2ccccc2)nc2ccccc12)c1ccccc1. The summed E-state index contributed by atoms with van der Waals surface area (Å²) in [7, 11) is 0. The highest BCUT2D eigenvalue weighted by Crippen LogP contribution is 2.31. The van der Waals surface area contributed by atoms with Crippen LogP contribution in [0.3, 0.4) is 0 Å². The Morgan fingerprint density at radius 1 is 0.839 bits per heavy atom. The first kappa shape index (κ1) is 20.5. The highest BCUT2D eigenvalue weighted by molar-refractivity contribution is 6.10. The molecule has 154 valence electrons. The molecule has 4 nitrogen and oxygen atoms in total. The summed E-state index contributed by atoms with van der Waals surface area (Å²) < 4.78 is 0. The lowest BCUT2D eigenvalue weighted by Crippen LogP contribution is -2.48. The van der Waals surface area contributed by atoms with Crippen molar-refractivity contribution in [3.63, 3.8) is 0 Å². The Balaban J connectivity index is 1.88. The maximum Gasteiger partial charge on any atom is 0.253 e. The number of hydrogen-bond donors (Lipinski definition) is 1. The van der Waals surface area contributed by atoms with E-state index in [4.69, 9.17) is 4.98 Å². The Bertz CT molecular complexity index is 1270. The van der Waals surface area contributed by atoms with E-state index < -0.39 is 5.54 Å². The highest BCUT2D eigenvalue weighted by atomic mass is 16.2. The van der Waals surface area contributed by atoms with E-state index in [1.54, 1.807) is 6.92 Å². The number of rotatable bonds is 5. The van der Waals surface area contributed by atoms with Gasteiger partial charge in [0.05, 0.1) is 16.8 Å². The molecule has 0 fully saturated rings. The third-order valence-electron chi connectivity index (χ3n) is 5.83. The predicted molar refractivity (Wildman–Crippen MR) is 124 cm³/mol. The zero-order valence-corrected chi connectivity index (χ0v) is 17.8. The summed E-state index contributed by atoms with van der Waals surface area (Å²) in [5.74, 6) is -0.429. The van der Waals surface area contributed by atoms with Gasteiger partial charge >= 0.3 is 0 Å². The van der Waals surface area contributed by atoms with Crippen molar-refractivity contribution in [2.45, 2.75) is 26.3 Å². The molecule has 1 heterocycles. The highest BCUT2D eigenvalue weighted by Gasteiger charge is 2.35. The van der Waals surface area contributed by atoms with Gasteiger partial charge in [0.15, 0.2) is 5.78 Å². The number of ketones is 1. The molecule has 1 atom stereocenters. The summed E-state index contributed by atoms with van der Waals surface area (Å²) in [6.45, 7) is 5.16. The third-order valence-corrected chi connectivity index (χ3v) is 5.83. The molecule has 3 aromatic carbocycles. The zero-order valence-electron chi connectivity index (χ0n) is 17.8. The van der Waals surface area contributed by atoms with E-state index in [1.807, 2.05) is 91.9 Å². The van der Waals surface area contributed by atoms with Gasteiger partial charge in [-0.1, -0.05) is 78.9 Å². The maximum atomic E-state index is 13.7. The molecule has 0 aliphatic carbocycles. The molecular formula is C27H24N2O2. The smallest absolute Gasteiger partial charge is 0.253 e. The fourth-order valence-electron chi connectivity index (χ4n) is 3.90. The molecule has 0 aliphatic rings. The van der Waals surface area contributed by atoms with E-state index in [9.17, 15) is 9.59 Å². The Kier molecular flexibility index (Phi) is 5.38. The van der Waals surface area contributed by atoms with Gasteiger partial charge in [-0.05, 0) is 38.0 Å². The van der Waals surface area contributed by atoms with E-state index in [0.717, 1.165) is 33.3 Å². The lowest BCUT2D eigenvalue weighted by molar-refractivity contribution is -0.122. The summed E-state index contributed by atoms with van der Waals surface area (Å²) in [6.07, 6.45) is 0. The molecule has 0 saturated carbocycles. The minimum absolute atomic E-state index is 0.133. The lowest BCUT2D eigenvalue weighted by Gasteiger charge is -2.29. The minimum Gasteiger partial charge on any atom is -0.336 e. The van der Waals surface area contributed by atoms with Gasteiger partial charge in [0, 0.05) is 10.9 Å². The largest absolute Gasteiger partial charge is 0.336 e. The normalized spacial score (nSPS) is 12.9. The van der Waals surface area contributed by atoms with Crippen LogP contribution in [0.1, 0.15) is 35.3 Å². The molecule has 1 aromatic heterocycles. The molecule has 0 bridgehead atoms. The fraction of sp³-hybridized carbons (Fsp3) is 0.148. The topological polar surface area (TPSA) is 59.1 Å². The van der Waals surface area contributed by atoms with E-state index in [-0.39, 0.29) is 11.7 Å². The van der Waals surface area contributed by atoms with E-state index >= 15 is 0 Å². The van der Waals surface area contributed by atoms with E-state index in [0.29, 0.717) is 5.56 Å². The second-order valence-corrected chi connectivity index (χ2v) is 7.84. The Morgan fingerprint density at radius 2 is 1.42 bits per heavy atom. The van der Waals surface area contributed by atoms with Crippen molar-refractivity contribution in [2.24, 2.45) is 0 Å². The van der Waals surface area contributed by atoms with Crippen molar-refractivity contribution in [3.8, 4) is 11.3 Å². The molecule has 4 rings (SSSR count). The number of fused-ring (bicyclic) bond motifs is 1. The monoisotopic (exact) mass is 408 g/mol. The number of amides is 1. The van der Waals surface area contributed by atoms with Crippen LogP contribution in [0, 0.1) is 6.92 Å². The van der Waals surface area contributed by atoms with Gasteiger partial charge in [-0.25, -0.2) is 4.98 Å². The molecular weight excluding hydrogens is 384 g/mol. The number of pyridine rings is 1. The first-order valence-corrected chi connectivity index (χ1v) is 10.3. The van der Waals surface area contributed by atoms with Gasteiger partial charge in [-0.3, -0.25) is 9.59 Å². The number of aromatic nitrogens is 1. The predicted octanol–water partition coefficient (Wildman–Crippen LogP) is 5.44. The van der Waals surface area contributed by atoms with Crippen molar-refractivity contribution in [2.75, 3.05) is 0 Å². The quantitative estimate of drug-likeness (QED) is 0.478. The Morgan fingerprint density at radius 3 is 2.06 bits per heavy atom. The van der Waals surface area contributed by atoms with Crippen LogP contribution in [0.5, 0.6) is 0 Å². The number of para-hydroxylation sites is 1. The Labute approximate surface area is 182 Å². The summed E-state index contributed by atoms with van der Waals surface area (Å²) in [5.41, 5.74) is 3.36. The van der Waals surface area contributed by atoms with Gasteiger partial charge in [0.2, 0.25) is 0 Å². The molecule has 1 amide bonds. The van der Waals surface area contributed by atoms with Crippen molar-refractivity contribution < 1.29 is 9.59 Å². The Hall–Kier alpha value is -3.79. The zero-order chi connectivity index (χ0) is 22.0. The van der Waals surface area contributed by atoms with Gasteiger partial charge < -0.3 is 5.32 Å². The molecule has 0 radical (unpaired) electrons. The fourth-order valence-corrected chi connectivity index (χ4v) is 3.90. The minimum atomic E-state index is -1.14. The molecule has 0 aliphatic heterocycles. The molecule has 1 unspecified atom stereocenters. The summed E-state index contributed by atoms with van der Waals surface area (Å²) in [4.78, 5) is 31.1. The van der Waals surface area contributed by atoms with Gasteiger partial charge in [0.1, 0.15) is 5.54 Å². The lowest BCUT2D eigenvalue weighted by atomic mass is 9.87. The first-order chi connectivity index (χ1) is 14.9. The average Bonchev–Trinajstić information content (AvgIpc) is 2.79. The van der Waals surface area contributed by atoms with Crippen LogP contribution in [-0.2, 0) is 10.3 Å². The molecule has 0 spiro atoms. The number of nitrogens with zero attached hydrogens (tertiary/aromatic N) is 1. The molecule has 1 N–H and O–H groups in total. The van der Waals surface area contributed by atoms with Crippen LogP contribution in [0.4, 0.5) is 0 Å². The summed E-state index contributed by atoms with van der Waals surface area (Å²) >= 11 is 0. The second kappa shape index (κ2) is 8.15. The summed E-state index contributed by atoms with van der Waals surface area (Å²) in [5, 5.41) is 3.78. The van der Waals surface area contributed by atoms with Gasteiger partial charge in [-0.15, -0.1) is 0 Å². The number of carbonyl (C=O) groups excluding carboxylic acids is 2. The van der Waals surface area contributed by atoms with Gasteiger partial charge in [-0.2, -0.15) is 0 Å². The van der Waals surface area contributed by atoms with E-state index in [1.165, 1.54) is 6.92 Å².